The molecule has 0 N–H and O–H groups in total. The van der Waals surface area contributed by atoms with E-state index in [0.29, 0.717) is 15.9 Å². The highest BCUT2D eigenvalue weighted by Gasteiger charge is 2.08. The number of halogens is 1. The summed E-state index contributed by atoms with van der Waals surface area (Å²) in [6.45, 7) is 0. The Kier molecular flexibility index (Phi) is 2.36. The standard InChI is InChI=1S/C8H5BrN4O/c9-7-4-12-13(8(7)5-14)6-1-2-10-11-3-6/h1-5H. The quantitative estimate of drug-likeness (QED) is 0.755. The molecule has 0 saturated heterocycles. The van der Waals surface area contributed by atoms with E-state index >= 15 is 0 Å². The van der Waals surface area contributed by atoms with Gasteiger partial charge in [-0.25, -0.2) is 4.68 Å². The van der Waals surface area contributed by atoms with E-state index in [1.807, 2.05) is 0 Å². The second-order valence-corrected chi connectivity index (χ2v) is 3.36. The molecule has 0 spiro atoms. The zero-order chi connectivity index (χ0) is 9.97. The van der Waals surface area contributed by atoms with E-state index in [0.717, 1.165) is 6.29 Å². The molecule has 6 heteroatoms. The van der Waals surface area contributed by atoms with Crippen molar-refractivity contribution >= 4 is 22.2 Å². The maximum absolute atomic E-state index is 10.8. The van der Waals surface area contributed by atoms with Gasteiger partial charge >= 0.3 is 0 Å². The van der Waals surface area contributed by atoms with Crippen LogP contribution in [0.25, 0.3) is 5.69 Å². The number of aromatic nitrogens is 4. The number of rotatable bonds is 2. The summed E-state index contributed by atoms with van der Waals surface area (Å²) in [4.78, 5) is 10.8. The number of carbonyl (C=O) groups is 1. The zero-order valence-corrected chi connectivity index (χ0v) is 8.55. The zero-order valence-electron chi connectivity index (χ0n) is 6.96. The van der Waals surface area contributed by atoms with Gasteiger partial charge in [0, 0.05) is 0 Å². The maximum atomic E-state index is 10.8. The van der Waals surface area contributed by atoms with Crippen molar-refractivity contribution in [3.05, 3.63) is 34.8 Å². The third kappa shape index (κ3) is 1.44. The minimum Gasteiger partial charge on any atom is -0.296 e. The monoisotopic (exact) mass is 252 g/mol. The average Bonchev–Trinajstić information content (AvgIpc) is 2.61. The first-order chi connectivity index (χ1) is 6.83. The van der Waals surface area contributed by atoms with Gasteiger partial charge in [0.2, 0.25) is 0 Å². The molecular formula is C8H5BrN4O. The SMILES string of the molecule is O=Cc1c(Br)cnn1-c1ccnnc1. The summed E-state index contributed by atoms with van der Waals surface area (Å²) in [5, 5.41) is 11.4. The lowest BCUT2D eigenvalue weighted by Gasteiger charge is -2.00. The summed E-state index contributed by atoms with van der Waals surface area (Å²) in [5.74, 6) is 0. The van der Waals surface area contributed by atoms with Crippen LogP contribution in [-0.2, 0) is 0 Å². The second kappa shape index (κ2) is 3.67. The smallest absolute Gasteiger partial charge is 0.169 e. The topological polar surface area (TPSA) is 60.7 Å². The van der Waals surface area contributed by atoms with Crippen LogP contribution >= 0.6 is 15.9 Å². The second-order valence-electron chi connectivity index (χ2n) is 2.51. The summed E-state index contributed by atoms with van der Waals surface area (Å²) < 4.78 is 2.15. The number of carbonyl (C=O) groups excluding carboxylic acids is 1. The lowest BCUT2D eigenvalue weighted by molar-refractivity contribution is 0.111. The Labute approximate surface area is 87.9 Å². The molecule has 0 aliphatic carbocycles. The van der Waals surface area contributed by atoms with Crippen molar-refractivity contribution in [3.8, 4) is 5.69 Å². The van der Waals surface area contributed by atoms with Crippen LogP contribution in [0.3, 0.4) is 0 Å². The third-order valence-electron chi connectivity index (χ3n) is 1.68. The van der Waals surface area contributed by atoms with Crippen LogP contribution < -0.4 is 0 Å². The van der Waals surface area contributed by atoms with Gasteiger partial charge in [-0.05, 0) is 22.0 Å². The van der Waals surface area contributed by atoms with Gasteiger partial charge in [0.1, 0.15) is 5.69 Å². The van der Waals surface area contributed by atoms with Gasteiger partial charge in [-0.15, -0.1) is 0 Å². The van der Waals surface area contributed by atoms with Crippen LogP contribution in [0.15, 0.2) is 29.1 Å². The molecule has 2 rings (SSSR count). The Balaban J connectivity index is 2.57. The van der Waals surface area contributed by atoms with Crippen LogP contribution in [0, 0.1) is 0 Å². The maximum Gasteiger partial charge on any atom is 0.169 e. The van der Waals surface area contributed by atoms with E-state index in [4.69, 9.17) is 0 Å². The van der Waals surface area contributed by atoms with Crippen molar-refractivity contribution in [1.82, 2.24) is 20.0 Å². The van der Waals surface area contributed by atoms with Crippen molar-refractivity contribution in [3.63, 3.8) is 0 Å². The van der Waals surface area contributed by atoms with E-state index < -0.39 is 0 Å². The van der Waals surface area contributed by atoms with Gasteiger partial charge in [0.05, 0.1) is 28.8 Å². The highest BCUT2D eigenvalue weighted by atomic mass is 79.9. The van der Waals surface area contributed by atoms with Crippen molar-refractivity contribution in [2.45, 2.75) is 0 Å². The van der Waals surface area contributed by atoms with Crippen LogP contribution in [0.1, 0.15) is 10.5 Å². The Hall–Kier alpha value is -1.56. The molecular weight excluding hydrogens is 248 g/mol. The van der Waals surface area contributed by atoms with E-state index in [1.54, 1.807) is 18.5 Å². The van der Waals surface area contributed by atoms with E-state index in [2.05, 4.69) is 31.2 Å². The first-order valence-electron chi connectivity index (χ1n) is 3.78. The summed E-state index contributed by atoms with van der Waals surface area (Å²) in [7, 11) is 0. The summed E-state index contributed by atoms with van der Waals surface area (Å²) in [5.41, 5.74) is 1.16. The fraction of sp³-hybridized carbons (Fsp3) is 0. The molecule has 0 atom stereocenters. The Morgan fingerprint density at radius 3 is 2.86 bits per heavy atom. The Bertz CT molecular complexity index is 454. The van der Waals surface area contributed by atoms with E-state index in [9.17, 15) is 4.79 Å². The molecule has 70 valence electrons. The van der Waals surface area contributed by atoms with Crippen molar-refractivity contribution in [1.29, 1.82) is 0 Å². The number of nitrogens with zero attached hydrogens (tertiary/aromatic N) is 4. The number of aldehydes is 1. The van der Waals surface area contributed by atoms with Gasteiger partial charge in [-0.1, -0.05) is 0 Å². The molecule has 2 aromatic heterocycles. The van der Waals surface area contributed by atoms with Gasteiger partial charge < -0.3 is 0 Å². The molecule has 2 aromatic rings. The molecule has 0 aliphatic rings. The fourth-order valence-electron chi connectivity index (χ4n) is 1.06. The van der Waals surface area contributed by atoms with Gasteiger partial charge in [-0.3, -0.25) is 4.79 Å². The molecule has 2 heterocycles. The molecule has 0 amide bonds. The third-order valence-corrected chi connectivity index (χ3v) is 2.30. The molecule has 14 heavy (non-hydrogen) atoms. The van der Waals surface area contributed by atoms with Crippen LogP contribution in [0.4, 0.5) is 0 Å². The van der Waals surface area contributed by atoms with Crippen molar-refractivity contribution in [2.24, 2.45) is 0 Å². The summed E-state index contributed by atoms with van der Waals surface area (Å²) >= 11 is 3.22. The highest BCUT2D eigenvalue weighted by Crippen LogP contribution is 2.16. The van der Waals surface area contributed by atoms with E-state index in [-0.39, 0.29) is 0 Å². The fourth-order valence-corrected chi connectivity index (χ4v) is 1.41. The van der Waals surface area contributed by atoms with Crippen LogP contribution in [0.5, 0.6) is 0 Å². The van der Waals surface area contributed by atoms with Crippen molar-refractivity contribution < 1.29 is 4.79 Å². The minimum absolute atomic E-state index is 0.456. The number of hydrogen-bond acceptors (Lipinski definition) is 4. The Morgan fingerprint density at radius 2 is 2.21 bits per heavy atom. The molecule has 0 unspecified atom stereocenters. The normalized spacial score (nSPS) is 10.1. The lowest BCUT2D eigenvalue weighted by Crippen LogP contribution is -2.02. The molecule has 0 fully saturated rings. The first kappa shape index (κ1) is 9.01. The average molecular weight is 253 g/mol. The largest absolute Gasteiger partial charge is 0.296 e. The van der Waals surface area contributed by atoms with E-state index in [1.165, 1.54) is 10.9 Å². The minimum atomic E-state index is 0.456. The molecule has 0 bridgehead atoms. The molecule has 0 aliphatic heterocycles. The first-order valence-corrected chi connectivity index (χ1v) is 4.58. The molecule has 0 radical (unpaired) electrons. The lowest BCUT2D eigenvalue weighted by atomic mass is 10.4. The molecule has 0 aromatic carbocycles. The van der Waals surface area contributed by atoms with Crippen molar-refractivity contribution in [2.75, 3.05) is 0 Å². The van der Waals surface area contributed by atoms with Gasteiger partial charge in [0.25, 0.3) is 0 Å². The summed E-state index contributed by atoms with van der Waals surface area (Å²) in [6, 6.07) is 1.72. The molecule has 5 nitrogen and oxygen atoms in total. The summed E-state index contributed by atoms with van der Waals surface area (Å²) in [6.07, 6.45) is 5.37. The Morgan fingerprint density at radius 1 is 1.36 bits per heavy atom. The van der Waals surface area contributed by atoms with Gasteiger partial charge in [-0.2, -0.15) is 15.3 Å². The highest BCUT2D eigenvalue weighted by molar-refractivity contribution is 9.10. The predicted molar refractivity (Wildman–Crippen MR) is 52.2 cm³/mol. The van der Waals surface area contributed by atoms with Crippen LogP contribution in [0.2, 0.25) is 0 Å². The van der Waals surface area contributed by atoms with Gasteiger partial charge in [0.15, 0.2) is 6.29 Å². The molecule has 0 saturated carbocycles. The predicted octanol–water partition coefficient (Wildman–Crippen LogP) is 1.24. The van der Waals surface area contributed by atoms with Crippen LogP contribution in [-0.4, -0.2) is 26.3 Å². The number of hydrogen-bond donors (Lipinski definition) is 0.